The van der Waals surface area contributed by atoms with E-state index in [2.05, 4.69) is 13.8 Å². The molecule has 1 fully saturated rings. The van der Waals surface area contributed by atoms with Gasteiger partial charge in [0, 0.05) is 11.5 Å². The van der Waals surface area contributed by atoms with Crippen LogP contribution in [0.5, 0.6) is 5.75 Å². The van der Waals surface area contributed by atoms with E-state index in [1.807, 2.05) is 31.2 Å². The Kier molecular flexibility index (Phi) is 3.51. The molecule has 0 bridgehead atoms. The Labute approximate surface area is 103 Å². The minimum atomic E-state index is 0.0743. The van der Waals surface area contributed by atoms with Crippen molar-refractivity contribution in [1.82, 2.24) is 0 Å². The lowest BCUT2D eigenvalue weighted by atomic mass is 9.90. The van der Waals surface area contributed by atoms with Crippen molar-refractivity contribution >= 4 is 5.78 Å². The van der Waals surface area contributed by atoms with Gasteiger partial charge in [-0.05, 0) is 43.0 Å². The fraction of sp³-hybridized carbons (Fsp3) is 0.533. The number of hydrogen-bond acceptors (Lipinski definition) is 2. The van der Waals surface area contributed by atoms with Gasteiger partial charge in [0.25, 0.3) is 0 Å². The summed E-state index contributed by atoms with van der Waals surface area (Å²) in [6.45, 7) is 6.14. The predicted molar refractivity (Wildman–Crippen MR) is 68.4 cm³/mol. The Morgan fingerprint density at radius 3 is 2.24 bits per heavy atom. The number of carbonyl (C=O) groups excluding carboxylic acids is 1. The summed E-state index contributed by atoms with van der Waals surface area (Å²) < 4.78 is 5.66. The summed E-state index contributed by atoms with van der Waals surface area (Å²) in [7, 11) is 0. The number of carbonyl (C=O) groups is 1. The molecule has 0 aromatic heterocycles. The summed E-state index contributed by atoms with van der Waals surface area (Å²) >= 11 is 0. The average Bonchev–Trinajstić information content (AvgIpc) is 3.12. The lowest BCUT2D eigenvalue weighted by Gasteiger charge is -2.14. The van der Waals surface area contributed by atoms with Gasteiger partial charge in [0.1, 0.15) is 5.75 Å². The Hall–Kier alpha value is -1.31. The van der Waals surface area contributed by atoms with Crippen LogP contribution in [0.15, 0.2) is 24.3 Å². The molecule has 2 nitrogen and oxygen atoms in total. The normalized spacial score (nSPS) is 16.9. The van der Waals surface area contributed by atoms with Gasteiger partial charge < -0.3 is 4.74 Å². The number of Topliss-reactive ketones (excluding diaryl/α,β-unsaturated/α-hetero) is 1. The van der Waals surface area contributed by atoms with Crippen LogP contribution in [0.3, 0.4) is 0 Å². The van der Waals surface area contributed by atoms with Crippen LogP contribution >= 0.6 is 0 Å². The van der Waals surface area contributed by atoms with Crippen molar-refractivity contribution in [2.45, 2.75) is 39.7 Å². The molecule has 1 saturated carbocycles. The molecule has 0 heterocycles. The van der Waals surface area contributed by atoms with Crippen LogP contribution in [0.4, 0.5) is 0 Å². The van der Waals surface area contributed by atoms with Crippen LogP contribution in [-0.2, 0) is 0 Å². The number of benzene rings is 1. The van der Waals surface area contributed by atoms with Crippen molar-refractivity contribution in [3.8, 4) is 5.75 Å². The monoisotopic (exact) mass is 232 g/mol. The van der Waals surface area contributed by atoms with E-state index in [4.69, 9.17) is 4.74 Å². The van der Waals surface area contributed by atoms with E-state index in [0.717, 1.165) is 24.2 Å². The molecule has 0 aliphatic heterocycles. The molecule has 17 heavy (non-hydrogen) atoms. The Morgan fingerprint density at radius 2 is 1.76 bits per heavy atom. The van der Waals surface area contributed by atoms with Crippen molar-refractivity contribution < 1.29 is 9.53 Å². The fourth-order valence-corrected chi connectivity index (χ4v) is 1.64. The van der Waals surface area contributed by atoms with Crippen LogP contribution in [0, 0.1) is 11.8 Å². The molecule has 0 saturated heterocycles. The zero-order valence-corrected chi connectivity index (χ0v) is 10.8. The molecule has 1 aromatic carbocycles. The molecular weight excluding hydrogens is 212 g/mol. The molecule has 1 aromatic rings. The molecule has 2 heteroatoms. The lowest BCUT2D eigenvalue weighted by Crippen LogP contribution is -2.16. The van der Waals surface area contributed by atoms with Crippen LogP contribution in [0.1, 0.15) is 44.0 Å². The van der Waals surface area contributed by atoms with E-state index in [-0.39, 0.29) is 11.7 Å². The van der Waals surface area contributed by atoms with Gasteiger partial charge in [0.2, 0.25) is 0 Å². The molecule has 0 spiro atoms. The van der Waals surface area contributed by atoms with Gasteiger partial charge in [-0.25, -0.2) is 0 Å². The highest BCUT2D eigenvalue weighted by atomic mass is 16.5. The molecule has 1 aliphatic rings. The third-order valence-electron chi connectivity index (χ3n) is 3.38. The maximum Gasteiger partial charge on any atom is 0.165 e. The first-order chi connectivity index (χ1) is 8.08. The first kappa shape index (κ1) is 12.2. The Morgan fingerprint density at radius 1 is 1.18 bits per heavy atom. The maximum absolute atomic E-state index is 12.1. The summed E-state index contributed by atoms with van der Waals surface area (Å²) in [5, 5.41) is 0. The second kappa shape index (κ2) is 4.91. The third-order valence-corrected chi connectivity index (χ3v) is 3.38. The molecule has 92 valence electrons. The smallest absolute Gasteiger partial charge is 0.165 e. The summed E-state index contributed by atoms with van der Waals surface area (Å²) in [6.07, 6.45) is 2.72. The first-order valence-electron chi connectivity index (χ1n) is 6.39. The van der Waals surface area contributed by atoms with Crippen molar-refractivity contribution in [2.75, 3.05) is 0 Å². The lowest BCUT2D eigenvalue weighted by molar-refractivity contribution is 0.0899. The Bertz CT molecular complexity index is 388. The van der Waals surface area contributed by atoms with E-state index >= 15 is 0 Å². The van der Waals surface area contributed by atoms with Gasteiger partial charge >= 0.3 is 0 Å². The van der Waals surface area contributed by atoms with E-state index in [9.17, 15) is 4.79 Å². The SMILES string of the molecule is CC(C)C(C)C(=O)c1ccc(OC2CC2)cc1. The standard InChI is InChI=1S/C15H20O2/c1-10(2)11(3)15(16)12-4-6-13(7-5-12)17-14-8-9-14/h4-7,10-11,14H,8-9H2,1-3H3. The summed E-state index contributed by atoms with van der Waals surface area (Å²) in [5.74, 6) is 1.55. The molecule has 1 aliphatic carbocycles. The summed E-state index contributed by atoms with van der Waals surface area (Å²) in [5.41, 5.74) is 0.786. The average molecular weight is 232 g/mol. The van der Waals surface area contributed by atoms with Gasteiger partial charge in [0.15, 0.2) is 5.78 Å². The van der Waals surface area contributed by atoms with Crippen LogP contribution in [-0.4, -0.2) is 11.9 Å². The van der Waals surface area contributed by atoms with E-state index in [1.165, 1.54) is 0 Å². The maximum atomic E-state index is 12.1. The van der Waals surface area contributed by atoms with Crippen LogP contribution in [0.2, 0.25) is 0 Å². The molecule has 0 radical (unpaired) electrons. The minimum Gasteiger partial charge on any atom is -0.490 e. The number of ketones is 1. The molecule has 0 N–H and O–H groups in total. The fourth-order valence-electron chi connectivity index (χ4n) is 1.64. The molecular formula is C15H20O2. The van der Waals surface area contributed by atoms with E-state index < -0.39 is 0 Å². The van der Waals surface area contributed by atoms with Gasteiger partial charge in [-0.2, -0.15) is 0 Å². The summed E-state index contributed by atoms with van der Waals surface area (Å²) in [6, 6.07) is 7.55. The van der Waals surface area contributed by atoms with E-state index in [1.54, 1.807) is 0 Å². The van der Waals surface area contributed by atoms with E-state index in [0.29, 0.717) is 12.0 Å². The van der Waals surface area contributed by atoms with Crippen molar-refractivity contribution in [3.63, 3.8) is 0 Å². The predicted octanol–water partition coefficient (Wildman–Crippen LogP) is 3.70. The van der Waals surface area contributed by atoms with Crippen LogP contribution in [0.25, 0.3) is 0 Å². The topological polar surface area (TPSA) is 26.3 Å². The largest absolute Gasteiger partial charge is 0.490 e. The highest BCUT2D eigenvalue weighted by molar-refractivity contribution is 5.97. The van der Waals surface area contributed by atoms with Crippen molar-refractivity contribution in [1.29, 1.82) is 0 Å². The Balaban J connectivity index is 2.03. The van der Waals surface area contributed by atoms with Crippen LogP contribution < -0.4 is 4.74 Å². The highest BCUT2D eigenvalue weighted by Gasteiger charge is 2.23. The second-order valence-corrected chi connectivity index (χ2v) is 5.24. The van der Waals surface area contributed by atoms with Gasteiger partial charge in [-0.15, -0.1) is 0 Å². The molecule has 1 atom stereocenters. The zero-order chi connectivity index (χ0) is 12.4. The van der Waals surface area contributed by atoms with Crippen molar-refractivity contribution in [2.24, 2.45) is 11.8 Å². The molecule has 1 unspecified atom stereocenters. The number of hydrogen-bond donors (Lipinski definition) is 0. The minimum absolute atomic E-state index is 0.0743. The third kappa shape index (κ3) is 3.09. The summed E-state index contributed by atoms with van der Waals surface area (Å²) in [4.78, 5) is 12.1. The number of rotatable bonds is 5. The van der Waals surface area contributed by atoms with Gasteiger partial charge in [0.05, 0.1) is 6.10 Å². The first-order valence-corrected chi connectivity index (χ1v) is 6.39. The molecule has 2 rings (SSSR count). The van der Waals surface area contributed by atoms with Gasteiger partial charge in [-0.1, -0.05) is 20.8 Å². The van der Waals surface area contributed by atoms with Crippen molar-refractivity contribution in [3.05, 3.63) is 29.8 Å². The second-order valence-electron chi connectivity index (χ2n) is 5.24. The molecule has 0 amide bonds. The number of ether oxygens (including phenoxy) is 1. The zero-order valence-electron chi connectivity index (χ0n) is 10.8. The van der Waals surface area contributed by atoms with Gasteiger partial charge in [-0.3, -0.25) is 4.79 Å². The quantitative estimate of drug-likeness (QED) is 0.723. The highest BCUT2D eigenvalue weighted by Crippen LogP contribution is 2.27.